The smallest absolute Gasteiger partial charge is 0.265 e. The molecule has 0 aliphatic heterocycles. The van der Waals surface area contributed by atoms with E-state index >= 15 is 0 Å². The van der Waals surface area contributed by atoms with Gasteiger partial charge in [-0.2, -0.15) is 0 Å². The number of carbonyl (C=O) groups excluding carboxylic acids is 1. The van der Waals surface area contributed by atoms with Crippen LogP contribution >= 0.6 is 0 Å². The molecule has 0 fully saturated rings. The molecule has 1 N–H and O–H groups in total. The van der Waals surface area contributed by atoms with Gasteiger partial charge in [-0.3, -0.25) is 9.10 Å². The average Bonchev–Trinajstić information content (AvgIpc) is 2.57. The number of nitrogens with zero attached hydrogens (tertiary/aromatic N) is 1. The largest absolute Gasteiger partial charge is 0.481 e. The van der Waals surface area contributed by atoms with Crippen molar-refractivity contribution in [2.24, 2.45) is 0 Å². The number of nitrogens with one attached hydrogen (secondary N) is 1. The lowest BCUT2D eigenvalue weighted by molar-refractivity contribution is -0.122. The summed E-state index contributed by atoms with van der Waals surface area (Å²) in [6, 6.07) is 12.4. The molecule has 1 atom stereocenters. The molecule has 140 valence electrons. The second-order valence-corrected chi connectivity index (χ2v) is 8.31. The number of aryl methyl sites for hydroxylation is 2. The van der Waals surface area contributed by atoms with Gasteiger partial charge in [0.15, 0.2) is 6.10 Å². The monoisotopic (exact) mass is 376 g/mol. The Balaban J connectivity index is 2.04. The van der Waals surface area contributed by atoms with Crippen molar-refractivity contribution in [3.8, 4) is 5.75 Å². The summed E-state index contributed by atoms with van der Waals surface area (Å²) >= 11 is 0. The molecule has 1 amide bonds. The van der Waals surface area contributed by atoms with Crippen LogP contribution in [0.1, 0.15) is 18.1 Å². The molecule has 0 saturated heterocycles. The molecule has 0 spiro atoms. The van der Waals surface area contributed by atoms with Crippen LogP contribution in [0.5, 0.6) is 5.75 Å². The van der Waals surface area contributed by atoms with Crippen LogP contribution in [0, 0.1) is 13.8 Å². The summed E-state index contributed by atoms with van der Waals surface area (Å²) in [5, 5.41) is 2.87. The molecular weight excluding hydrogens is 352 g/mol. The van der Waals surface area contributed by atoms with Crippen LogP contribution in [0.2, 0.25) is 0 Å². The Hall–Kier alpha value is -2.54. The topological polar surface area (TPSA) is 75.7 Å². The van der Waals surface area contributed by atoms with Crippen molar-refractivity contribution >= 4 is 27.3 Å². The van der Waals surface area contributed by atoms with Gasteiger partial charge < -0.3 is 10.1 Å². The highest BCUT2D eigenvalue weighted by atomic mass is 32.2. The summed E-state index contributed by atoms with van der Waals surface area (Å²) in [7, 11) is -1.84. The van der Waals surface area contributed by atoms with Gasteiger partial charge in [0, 0.05) is 12.7 Å². The van der Waals surface area contributed by atoms with Crippen LogP contribution in [0.4, 0.5) is 11.4 Å². The molecule has 2 aromatic rings. The Morgan fingerprint density at radius 2 is 1.73 bits per heavy atom. The van der Waals surface area contributed by atoms with E-state index in [1.807, 2.05) is 32.0 Å². The fraction of sp³-hybridized carbons (Fsp3) is 0.316. The first-order valence-corrected chi connectivity index (χ1v) is 10.0. The van der Waals surface area contributed by atoms with E-state index in [-0.39, 0.29) is 5.91 Å². The predicted molar refractivity (Wildman–Crippen MR) is 104 cm³/mol. The molecule has 6 nitrogen and oxygen atoms in total. The number of hydrogen-bond donors (Lipinski definition) is 1. The minimum absolute atomic E-state index is 0.254. The second-order valence-electron chi connectivity index (χ2n) is 6.29. The fourth-order valence-electron chi connectivity index (χ4n) is 2.29. The highest BCUT2D eigenvalue weighted by Gasteiger charge is 2.17. The van der Waals surface area contributed by atoms with Gasteiger partial charge in [0.1, 0.15) is 5.75 Å². The molecule has 0 saturated carbocycles. The molecule has 7 heteroatoms. The SMILES string of the molecule is Cc1ccc(C)c(NC(=O)C(C)Oc2ccc(N(C)S(C)(=O)=O)cc2)c1. The molecule has 0 aromatic heterocycles. The van der Waals surface area contributed by atoms with E-state index in [0.29, 0.717) is 11.4 Å². The molecular formula is C19H24N2O4S. The first-order valence-electron chi connectivity index (χ1n) is 8.16. The van der Waals surface area contributed by atoms with Crippen molar-refractivity contribution in [3.63, 3.8) is 0 Å². The number of rotatable bonds is 6. The number of anilines is 2. The first kappa shape index (κ1) is 19.8. The standard InChI is InChI=1S/C19H24N2O4S/c1-13-6-7-14(2)18(12-13)20-19(22)15(3)25-17-10-8-16(9-11-17)21(4)26(5,23)24/h6-12,15H,1-5H3,(H,20,22). The molecule has 0 radical (unpaired) electrons. The third kappa shape index (κ3) is 4.98. The highest BCUT2D eigenvalue weighted by Crippen LogP contribution is 2.22. The van der Waals surface area contributed by atoms with Gasteiger partial charge in [0.2, 0.25) is 10.0 Å². The van der Waals surface area contributed by atoms with Crippen LogP contribution < -0.4 is 14.4 Å². The fourth-order valence-corrected chi connectivity index (χ4v) is 2.79. The summed E-state index contributed by atoms with van der Waals surface area (Å²) in [5.41, 5.74) is 3.32. The number of carbonyl (C=O) groups is 1. The maximum absolute atomic E-state index is 12.4. The summed E-state index contributed by atoms with van der Waals surface area (Å²) in [6.07, 6.45) is 0.435. The van der Waals surface area contributed by atoms with Gasteiger partial charge in [0.25, 0.3) is 5.91 Å². The third-order valence-corrected chi connectivity index (χ3v) is 5.24. The molecule has 2 rings (SSSR count). The summed E-state index contributed by atoms with van der Waals surface area (Å²) < 4.78 is 29.9. The van der Waals surface area contributed by atoms with E-state index in [1.165, 1.54) is 11.4 Å². The minimum atomic E-state index is -3.32. The maximum Gasteiger partial charge on any atom is 0.265 e. The number of hydrogen-bond acceptors (Lipinski definition) is 4. The molecule has 2 aromatic carbocycles. The number of sulfonamides is 1. The maximum atomic E-state index is 12.4. The Labute approximate surface area is 154 Å². The summed E-state index contributed by atoms with van der Waals surface area (Å²) in [4.78, 5) is 12.4. The van der Waals surface area contributed by atoms with E-state index in [9.17, 15) is 13.2 Å². The van der Waals surface area contributed by atoms with Crippen LogP contribution in [-0.4, -0.2) is 33.7 Å². The zero-order valence-corrected chi connectivity index (χ0v) is 16.4. The average molecular weight is 376 g/mol. The van der Waals surface area contributed by atoms with Crippen molar-refractivity contribution < 1.29 is 17.9 Å². The number of amides is 1. The van der Waals surface area contributed by atoms with Gasteiger partial charge in [-0.1, -0.05) is 12.1 Å². The molecule has 0 aliphatic carbocycles. The summed E-state index contributed by atoms with van der Waals surface area (Å²) in [5.74, 6) is 0.232. The normalized spacial score (nSPS) is 12.3. The molecule has 26 heavy (non-hydrogen) atoms. The van der Waals surface area contributed by atoms with E-state index in [4.69, 9.17) is 4.74 Å². The van der Waals surface area contributed by atoms with E-state index in [2.05, 4.69) is 5.32 Å². The molecule has 1 unspecified atom stereocenters. The van der Waals surface area contributed by atoms with E-state index in [0.717, 1.165) is 23.1 Å². The van der Waals surface area contributed by atoms with Crippen LogP contribution in [0.15, 0.2) is 42.5 Å². The lowest BCUT2D eigenvalue weighted by atomic mass is 10.1. The predicted octanol–water partition coefficient (Wildman–Crippen LogP) is 3.11. The zero-order chi connectivity index (χ0) is 19.5. The van der Waals surface area contributed by atoms with Gasteiger partial charge in [-0.25, -0.2) is 8.42 Å². The molecule has 0 heterocycles. The second kappa shape index (κ2) is 7.78. The van der Waals surface area contributed by atoms with Crippen molar-refractivity contribution in [3.05, 3.63) is 53.6 Å². The minimum Gasteiger partial charge on any atom is -0.481 e. The van der Waals surface area contributed by atoms with Crippen LogP contribution in [0.3, 0.4) is 0 Å². The number of ether oxygens (including phenoxy) is 1. The van der Waals surface area contributed by atoms with Crippen molar-refractivity contribution in [2.75, 3.05) is 22.9 Å². The van der Waals surface area contributed by atoms with E-state index in [1.54, 1.807) is 31.2 Å². The quantitative estimate of drug-likeness (QED) is 0.840. The Kier molecular flexibility index (Phi) is 5.92. The Morgan fingerprint density at radius 1 is 1.12 bits per heavy atom. The highest BCUT2D eigenvalue weighted by molar-refractivity contribution is 7.92. The van der Waals surface area contributed by atoms with Gasteiger partial charge in [-0.05, 0) is 62.2 Å². The van der Waals surface area contributed by atoms with Crippen molar-refractivity contribution in [1.29, 1.82) is 0 Å². The third-order valence-electron chi connectivity index (χ3n) is 4.03. The van der Waals surface area contributed by atoms with Gasteiger partial charge in [-0.15, -0.1) is 0 Å². The van der Waals surface area contributed by atoms with Crippen molar-refractivity contribution in [2.45, 2.75) is 26.9 Å². The first-order chi connectivity index (χ1) is 12.1. The zero-order valence-electron chi connectivity index (χ0n) is 15.6. The van der Waals surface area contributed by atoms with Crippen LogP contribution in [0.25, 0.3) is 0 Å². The van der Waals surface area contributed by atoms with Crippen molar-refractivity contribution in [1.82, 2.24) is 0 Å². The lowest BCUT2D eigenvalue weighted by Gasteiger charge is -2.18. The lowest BCUT2D eigenvalue weighted by Crippen LogP contribution is -2.30. The number of benzene rings is 2. The van der Waals surface area contributed by atoms with Crippen LogP contribution in [-0.2, 0) is 14.8 Å². The van der Waals surface area contributed by atoms with Gasteiger partial charge >= 0.3 is 0 Å². The van der Waals surface area contributed by atoms with Gasteiger partial charge in [0.05, 0.1) is 11.9 Å². The molecule has 0 aliphatic rings. The Morgan fingerprint density at radius 3 is 2.31 bits per heavy atom. The Bertz CT molecular complexity index is 892. The van der Waals surface area contributed by atoms with E-state index < -0.39 is 16.1 Å². The summed E-state index contributed by atoms with van der Waals surface area (Å²) in [6.45, 7) is 5.55. The molecule has 0 bridgehead atoms.